The van der Waals surface area contributed by atoms with Crippen molar-refractivity contribution in [2.75, 3.05) is 0 Å². The van der Waals surface area contributed by atoms with Crippen LogP contribution >= 0.6 is 23.1 Å². The molecule has 0 saturated carbocycles. The maximum absolute atomic E-state index is 13.2. The third-order valence-electron chi connectivity index (χ3n) is 2.80. The number of aliphatic hydroxyl groups excluding tert-OH is 1. The maximum Gasteiger partial charge on any atom is 0.123 e. The Morgan fingerprint density at radius 2 is 2.26 bits per heavy atom. The molecule has 1 aromatic heterocycles. The van der Waals surface area contributed by atoms with Crippen molar-refractivity contribution in [3.05, 3.63) is 45.2 Å². The van der Waals surface area contributed by atoms with E-state index < -0.39 is 6.10 Å². The highest BCUT2D eigenvalue weighted by atomic mass is 35.5. The summed E-state index contributed by atoms with van der Waals surface area (Å²) in [6, 6.07) is 4.14. The molecule has 102 valence electrons. The van der Waals surface area contributed by atoms with E-state index in [0.717, 1.165) is 23.4 Å². The van der Waals surface area contributed by atoms with Crippen LogP contribution in [0.5, 0.6) is 0 Å². The van der Waals surface area contributed by atoms with Gasteiger partial charge in [-0.15, -0.1) is 5.10 Å². The molecular weight excluding hydrogens is 287 g/mol. The van der Waals surface area contributed by atoms with Gasteiger partial charge >= 0.3 is 0 Å². The number of hydrogen-bond acceptors (Lipinski definition) is 4. The second-order valence-corrected chi connectivity index (χ2v) is 5.48. The SMILES string of the molecule is CCCc1nnsc1C(O)Cc1cc(F)ccc1Cl. The van der Waals surface area contributed by atoms with Gasteiger partial charge in [-0.25, -0.2) is 4.39 Å². The zero-order valence-corrected chi connectivity index (χ0v) is 12.0. The van der Waals surface area contributed by atoms with Crippen LogP contribution in [0.2, 0.25) is 5.02 Å². The molecule has 0 fully saturated rings. The second-order valence-electron chi connectivity index (χ2n) is 4.29. The zero-order valence-electron chi connectivity index (χ0n) is 10.4. The fourth-order valence-corrected chi connectivity index (χ4v) is 2.75. The molecule has 0 saturated heterocycles. The van der Waals surface area contributed by atoms with Gasteiger partial charge in [-0.3, -0.25) is 0 Å². The topological polar surface area (TPSA) is 46.0 Å². The number of halogens is 2. The number of aromatic nitrogens is 2. The number of benzene rings is 1. The van der Waals surface area contributed by atoms with Crippen LogP contribution in [0.15, 0.2) is 18.2 Å². The Morgan fingerprint density at radius 1 is 1.47 bits per heavy atom. The predicted molar refractivity (Wildman–Crippen MR) is 74.0 cm³/mol. The Bertz CT molecular complexity index is 561. The highest BCUT2D eigenvalue weighted by Gasteiger charge is 2.18. The summed E-state index contributed by atoms with van der Waals surface area (Å²) in [5, 5.41) is 14.7. The normalized spacial score (nSPS) is 12.6. The first-order valence-corrected chi connectivity index (χ1v) is 7.20. The van der Waals surface area contributed by atoms with E-state index in [4.69, 9.17) is 11.6 Å². The molecule has 0 aliphatic carbocycles. The van der Waals surface area contributed by atoms with Crippen LogP contribution in [-0.2, 0) is 12.8 Å². The molecule has 0 radical (unpaired) electrons. The van der Waals surface area contributed by atoms with Gasteiger partial charge in [-0.2, -0.15) is 0 Å². The first kappa shape index (κ1) is 14.4. The molecule has 1 aromatic carbocycles. The lowest BCUT2D eigenvalue weighted by Crippen LogP contribution is -2.04. The van der Waals surface area contributed by atoms with Crippen molar-refractivity contribution in [1.82, 2.24) is 9.59 Å². The average molecular weight is 301 g/mol. The van der Waals surface area contributed by atoms with Gasteiger partial charge < -0.3 is 5.11 Å². The molecule has 0 aliphatic rings. The van der Waals surface area contributed by atoms with Crippen LogP contribution in [0.3, 0.4) is 0 Å². The van der Waals surface area contributed by atoms with Crippen molar-refractivity contribution in [3.8, 4) is 0 Å². The van der Waals surface area contributed by atoms with Crippen molar-refractivity contribution in [3.63, 3.8) is 0 Å². The minimum atomic E-state index is -0.749. The molecule has 3 nitrogen and oxygen atoms in total. The summed E-state index contributed by atoms with van der Waals surface area (Å²) >= 11 is 7.18. The standard InChI is InChI=1S/C13H14ClFN2OS/c1-2-3-11-13(19-17-16-11)12(18)7-8-6-9(15)4-5-10(8)14/h4-6,12,18H,2-3,7H2,1H3. The number of rotatable bonds is 5. The molecule has 1 atom stereocenters. The summed E-state index contributed by atoms with van der Waals surface area (Å²) in [6.45, 7) is 2.04. The van der Waals surface area contributed by atoms with Crippen molar-refractivity contribution in [2.24, 2.45) is 0 Å². The van der Waals surface area contributed by atoms with Gasteiger partial charge in [0, 0.05) is 11.4 Å². The Kier molecular flexibility index (Phi) is 4.85. The van der Waals surface area contributed by atoms with Crippen LogP contribution in [0.1, 0.15) is 35.6 Å². The van der Waals surface area contributed by atoms with Crippen LogP contribution < -0.4 is 0 Å². The third-order valence-corrected chi connectivity index (χ3v) is 4.03. The van der Waals surface area contributed by atoms with Crippen LogP contribution in [0.25, 0.3) is 0 Å². The van der Waals surface area contributed by atoms with E-state index in [-0.39, 0.29) is 12.2 Å². The van der Waals surface area contributed by atoms with Crippen molar-refractivity contribution < 1.29 is 9.50 Å². The molecule has 0 amide bonds. The van der Waals surface area contributed by atoms with Gasteiger partial charge in [0.2, 0.25) is 0 Å². The van der Waals surface area contributed by atoms with Gasteiger partial charge in [0.05, 0.1) is 16.7 Å². The van der Waals surface area contributed by atoms with Crippen molar-refractivity contribution >= 4 is 23.1 Å². The number of hydrogen-bond donors (Lipinski definition) is 1. The van der Waals surface area contributed by atoms with E-state index in [1.54, 1.807) is 0 Å². The van der Waals surface area contributed by atoms with Crippen molar-refractivity contribution in [2.45, 2.75) is 32.3 Å². The average Bonchev–Trinajstić information content (AvgIpc) is 2.82. The van der Waals surface area contributed by atoms with E-state index in [1.165, 1.54) is 29.7 Å². The summed E-state index contributed by atoms with van der Waals surface area (Å²) < 4.78 is 17.0. The lowest BCUT2D eigenvalue weighted by molar-refractivity contribution is 0.181. The number of aryl methyl sites for hydroxylation is 1. The monoisotopic (exact) mass is 300 g/mol. The molecular formula is C13H14ClFN2OS. The summed E-state index contributed by atoms with van der Waals surface area (Å²) in [7, 11) is 0. The largest absolute Gasteiger partial charge is 0.387 e. The second kappa shape index (κ2) is 6.41. The van der Waals surface area contributed by atoms with Gasteiger partial charge in [-0.05, 0) is 41.7 Å². The van der Waals surface area contributed by atoms with E-state index in [0.29, 0.717) is 10.6 Å². The van der Waals surface area contributed by atoms with Crippen LogP contribution in [-0.4, -0.2) is 14.7 Å². The minimum absolute atomic E-state index is 0.261. The number of nitrogens with zero attached hydrogens (tertiary/aromatic N) is 2. The third kappa shape index (κ3) is 3.49. The molecule has 1 unspecified atom stereocenters. The lowest BCUT2D eigenvalue weighted by atomic mass is 10.0. The van der Waals surface area contributed by atoms with Crippen LogP contribution in [0.4, 0.5) is 4.39 Å². The zero-order chi connectivity index (χ0) is 13.8. The quantitative estimate of drug-likeness (QED) is 0.918. The van der Waals surface area contributed by atoms with E-state index in [1.807, 2.05) is 6.92 Å². The molecule has 0 aliphatic heterocycles. The summed E-state index contributed by atoms with van der Waals surface area (Å²) in [6.07, 6.45) is 1.23. The Balaban J connectivity index is 2.18. The highest BCUT2D eigenvalue weighted by molar-refractivity contribution is 7.05. The molecule has 2 aromatic rings. The van der Waals surface area contributed by atoms with Gasteiger partial charge in [-0.1, -0.05) is 29.4 Å². The molecule has 6 heteroatoms. The number of aliphatic hydroxyl groups is 1. The summed E-state index contributed by atoms with van der Waals surface area (Å²) in [4.78, 5) is 0.738. The first-order valence-electron chi connectivity index (χ1n) is 6.05. The summed E-state index contributed by atoms with van der Waals surface area (Å²) in [5.74, 6) is -0.359. The molecule has 1 N–H and O–H groups in total. The molecule has 1 heterocycles. The maximum atomic E-state index is 13.2. The smallest absolute Gasteiger partial charge is 0.123 e. The lowest BCUT2D eigenvalue weighted by Gasteiger charge is -2.11. The van der Waals surface area contributed by atoms with E-state index in [2.05, 4.69) is 9.59 Å². The van der Waals surface area contributed by atoms with E-state index >= 15 is 0 Å². The van der Waals surface area contributed by atoms with Gasteiger partial charge in [0.15, 0.2) is 0 Å². The fraction of sp³-hybridized carbons (Fsp3) is 0.385. The predicted octanol–water partition coefficient (Wildman–Crippen LogP) is 3.56. The van der Waals surface area contributed by atoms with Crippen LogP contribution in [0, 0.1) is 5.82 Å². The van der Waals surface area contributed by atoms with E-state index in [9.17, 15) is 9.50 Å². The van der Waals surface area contributed by atoms with Crippen molar-refractivity contribution in [1.29, 1.82) is 0 Å². The highest BCUT2D eigenvalue weighted by Crippen LogP contribution is 2.28. The minimum Gasteiger partial charge on any atom is -0.387 e. The summed E-state index contributed by atoms with van der Waals surface area (Å²) in [5.41, 5.74) is 1.40. The molecule has 0 bridgehead atoms. The Labute approximate surface area is 120 Å². The Hall–Kier alpha value is -1.04. The first-order chi connectivity index (χ1) is 9.11. The van der Waals surface area contributed by atoms with Gasteiger partial charge in [0.25, 0.3) is 0 Å². The molecule has 19 heavy (non-hydrogen) atoms. The molecule has 0 spiro atoms. The molecule has 2 rings (SSSR count). The fourth-order valence-electron chi connectivity index (χ4n) is 1.88. The van der Waals surface area contributed by atoms with Gasteiger partial charge in [0.1, 0.15) is 5.82 Å². The Morgan fingerprint density at radius 3 is 3.00 bits per heavy atom.